The molecule has 248 valence electrons. The molecule has 0 atom stereocenters. The van der Waals surface area contributed by atoms with Crippen LogP contribution in [0.3, 0.4) is 0 Å². The molecule has 1 aliphatic carbocycles. The molecule has 2 aromatic heterocycles. The van der Waals surface area contributed by atoms with Crippen LogP contribution in [0.25, 0.3) is 10.2 Å². The van der Waals surface area contributed by atoms with E-state index in [1.807, 2.05) is 24.3 Å². The highest BCUT2D eigenvalue weighted by atomic mass is 32.1. The smallest absolute Gasteiger partial charge is 0.421 e. The Labute approximate surface area is 273 Å². The number of hydrogen-bond donors (Lipinski definition) is 3. The summed E-state index contributed by atoms with van der Waals surface area (Å²) < 4.78 is 63.7. The number of fused-ring (bicyclic) bond motifs is 2. The standard InChI is InChI=1S/C31H26F4N8O4S/c32-30(33)31(34,35)47-24-15-25-22(14-23(24)46-30)36-28(48-25)38-29(45)43(21-12-10-19(11-13-21)18-4-2-1-3-5-18)16-17-6-8-20(9-7-17)26(44)37-27-39-41-42-40-27/h6-15,18H,1-5,16H2,(H,36,38,45)(H2,37,39,40,41,42,44). The van der Waals surface area contributed by atoms with Crippen LogP contribution in [0.4, 0.5) is 39.1 Å². The summed E-state index contributed by atoms with van der Waals surface area (Å²) in [4.78, 5) is 32.2. The van der Waals surface area contributed by atoms with E-state index in [9.17, 15) is 27.2 Å². The molecule has 0 unspecified atom stereocenters. The summed E-state index contributed by atoms with van der Waals surface area (Å²) in [6, 6.07) is 16.0. The van der Waals surface area contributed by atoms with Crippen molar-refractivity contribution in [1.29, 1.82) is 0 Å². The molecule has 3 N–H and O–H groups in total. The van der Waals surface area contributed by atoms with Gasteiger partial charge in [0.2, 0.25) is 0 Å². The summed E-state index contributed by atoms with van der Waals surface area (Å²) in [5.41, 5.74) is 2.96. The number of hydrogen-bond acceptors (Lipinski definition) is 9. The Balaban J connectivity index is 1.13. The van der Waals surface area contributed by atoms with Crippen LogP contribution in [-0.4, -0.2) is 49.8 Å². The maximum atomic E-state index is 13.8. The highest BCUT2D eigenvalue weighted by Crippen LogP contribution is 2.49. The summed E-state index contributed by atoms with van der Waals surface area (Å²) in [5, 5.41) is 18.4. The van der Waals surface area contributed by atoms with E-state index in [2.05, 4.69) is 45.7 Å². The van der Waals surface area contributed by atoms with Crippen LogP contribution in [0.1, 0.15) is 59.5 Å². The second-order valence-electron chi connectivity index (χ2n) is 11.4. The van der Waals surface area contributed by atoms with Crippen molar-refractivity contribution in [2.75, 3.05) is 15.5 Å². The molecule has 1 aliphatic heterocycles. The molecule has 0 bridgehead atoms. The number of H-pyrrole nitrogens is 1. The number of carbonyl (C=O) groups excluding carboxylic acids is 2. The van der Waals surface area contributed by atoms with Gasteiger partial charge < -0.3 is 9.47 Å². The Morgan fingerprint density at radius 1 is 0.917 bits per heavy atom. The van der Waals surface area contributed by atoms with E-state index in [-0.39, 0.29) is 23.1 Å². The van der Waals surface area contributed by atoms with E-state index >= 15 is 0 Å². The Morgan fingerprint density at radius 2 is 1.60 bits per heavy atom. The van der Waals surface area contributed by atoms with Gasteiger partial charge in [0.15, 0.2) is 16.6 Å². The average Bonchev–Trinajstić information content (AvgIpc) is 3.73. The van der Waals surface area contributed by atoms with Crippen molar-refractivity contribution >= 4 is 50.3 Å². The van der Waals surface area contributed by atoms with Crippen molar-refractivity contribution < 1.29 is 36.6 Å². The van der Waals surface area contributed by atoms with Gasteiger partial charge >= 0.3 is 18.2 Å². The van der Waals surface area contributed by atoms with Gasteiger partial charge in [-0.1, -0.05) is 60.0 Å². The molecule has 3 heterocycles. The van der Waals surface area contributed by atoms with E-state index in [1.54, 1.807) is 24.3 Å². The van der Waals surface area contributed by atoms with Gasteiger partial charge in [-0.25, -0.2) is 9.78 Å². The number of ether oxygens (including phenoxy) is 2. The number of nitrogens with zero attached hydrogens (tertiary/aromatic N) is 5. The largest absolute Gasteiger partial charge is 0.507 e. The predicted octanol–water partition coefficient (Wildman–Crippen LogP) is 7.30. The Morgan fingerprint density at radius 3 is 2.27 bits per heavy atom. The van der Waals surface area contributed by atoms with Gasteiger partial charge in [-0.15, -0.1) is 5.10 Å². The van der Waals surface area contributed by atoms with Crippen molar-refractivity contribution in [1.82, 2.24) is 25.6 Å². The molecule has 1 fully saturated rings. The molecule has 48 heavy (non-hydrogen) atoms. The summed E-state index contributed by atoms with van der Waals surface area (Å²) in [6.07, 6.45) is -3.92. The van der Waals surface area contributed by atoms with Gasteiger partial charge in [0.05, 0.1) is 16.8 Å². The molecular formula is C31H26F4N8O4S. The highest BCUT2D eigenvalue weighted by molar-refractivity contribution is 7.22. The zero-order valence-electron chi connectivity index (χ0n) is 24.9. The maximum Gasteiger partial charge on any atom is 0.507 e. The number of alkyl halides is 4. The Kier molecular flexibility index (Phi) is 8.06. The number of halogens is 4. The third-order valence-electron chi connectivity index (χ3n) is 8.14. The molecule has 0 spiro atoms. The lowest BCUT2D eigenvalue weighted by Gasteiger charge is -2.31. The second kappa shape index (κ2) is 12.4. The number of rotatable bonds is 7. The van der Waals surface area contributed by atoms with E-state index in [0.717, 1.165) is 36.3 Å². The van der Waals surface area contributed by atoms with Crippen LogP contribution in [0, 0.1) is 0 Å². The lowest BCUT2D eigenvalue weighted by Crippen LogP contribution is -2.52. The second-order valence-corrected chi connectivity index (χ2v) is 12.4. The number of anilines is 3. The van der Waals surface area contributed by atoms with Gasteiger partial charge in [0.25, 0.3) is 11.9 Å². The van der Waals surface area contributed by atoms with Gasteiger partial charge in [-0.05, 0) is 59.4 Å². The molecule has 0 saturated heterocycles. The number of benzene rings is 3. The summed E-state index contributed by atoms with van der Waals surface area (Å²) >= 11 is 0.946. The van der Waals surface area contributed by atoms with E-state index in [0.29, 0.717) is 27.4 Å². The Hall–Kier alpha value is -5.32. The third kappa shape index (κ3) is 6.32. The molecule has 3 aromatic carbocycles. The lowest BCUT2D eigenvalue weighted by atomic mass is 9.84. The molecule has 5 aromatic rings. The number of carbonyl (C=O) groups is 2. The summed E-state index contributed by atoms with van der Waals surface area (Å²) in [5.74, 6) is -1.14. The van der Waals surface area contributed by atoms with Crippen LogP contribution >= 0.6 is 11.3 Å². The average molecular weight is 683 g/mol. The molecule has 17 heteroatoms. The Bertz CT molecular complexity index is 1900. The minimum atomic E-state index is -4.87. The van der Waals surface area contributed by atoms with Crippen molar-refractivity contribution in [2.24, 2.45) is 0 Å². The molecule has 3 amide bonds. The van der Waals surface area contributed by atoms with Crippen LogP contribution in [0.5, 0.6) is 11.5 Å². The molecular weight excluding hydrogens is 656 g/mol. The fourth-order valence-electron chi connectivity index (χ4n) is 5.68. The van der Waals surface area contributed by atoms with Gasteiger partial charge in [0, 0.05) is 23.4 Å². The van der Waals surface area contributed by atoms with Gasteiger partial charge in [-0.3, -0.25) is 20.3 Å². The number of thiazole rings is 1. The predicted molar refractivity (Wildman–Crippen MR) is 167 cm³/mol. The number of tetrazole rings is 1. The fraction of sp³-hybridized carbons (Fsp3) is 0.290. The minimum absolute atomic E-state index is 0.0227. The van der Waals surface area contributed by atoms with Crippen molar-refractivity contribution in [3.8, 4) is 11.5 Å². The van der Waals surface area contributed by atoms with Gasteiger partial charge in [-0.2, -0.15) is 22.8 Å². The normalized spacial score (nSPS) is 16.8. The number of aromatic nitrogens is 5. The number of nitrogens with one attached hydrogen (secondary N) is 3. The first-order chi connectivity index (χ1) is 23.0. The maximum absolute atomic E-state index is 13.8. The first-order valence-electron chi connectivity index (χ1n) is 15.0. The summed E-state index contributed by atoms with van der Waals surface area (Å²) in [6.45, 7) is 0.104. The molecule has 1 saturated carbocycles. The van der Waals surface area contributed by atoms with Gasteiger partial charge in [0.1, 0.15) is 0 Å². The topological polar surface area (TPSA) is 147 Å². The molecule has 7 rings (SSSR count). The number of amides is 3. The lowest BCUT2D eigenvalue weighted by molar-refractivity contribution is -0.391. The SMILES string of the molecule is O=C(Nc1nn[nH]n1)c1ccc(CN(C(=O)Nc2nc3cc4c(cc3s2)OC(F)(F)C(F)(F)O4)c2ccc(C3CCCCC3)cc2)cc1. The molecule has 12 nitrogen and oxygen atoms in total. The monoisotopic (exact) mass is 682 g/mol. The first kappa shape index (κ1) is 31.3. The van der Waals surface area contributed by atoms with Crippen molar-refractivity contribution in [3.63, 3.8) is 0 Å². The van der Waals surface area contributed by atoms with Crippen LogP contribution in [0.2, 0.25) is 0 Å². The van der Waals surface area contributed by atoms with Crippen LogP contribution in [0.15, 0.2) is 60.7 Å². The fourth-order valence-corrected chi connectivity index (χ4v) is 6.54. The molecule has 0 radical (unpaired) electrons. The van der Waals surface area contributed by atoms with Crippen LogP contribution in [-0.2, 0) is 6.54 Å². The zero-order valence-corrected chi connectivity index (χ0v) is 25.7. The minimum Gasteiger partial charge on any atom is -0.421 e. The van der Waals surface area contributed by atoms with E-state index in [1.165, 1.54) is 29.7 Å². The first-order valence-corrected chi connectivity index (χ1v) is 15.8. The number of urea groups is 1. The zero-order chi connectivity index (χ0) is 33.5. The summed E-state index contributed by atoms with van der Waals surface area (Å²) in [7, 11) is 0. The highest BCUT2D eigenvalue weighted by Gasteiger charge is 2.66. The quantitative estimate of drug-likeness (QED) is 0.152. The molecule has 2 aliphatic rings. The van der Waals surface area contributed by atoms with Crippen molar-refractivity contribution in [3.05, 3.63) is 77.4 Å². The number of aromatic amines is 1. The van der Waals surface area contributed by atoms with E-state index < -0.39 is 35.7 Å². The van der Waals surface area contributed by atoms with E-state index in [4.69, 9.17) is 0 Å². The third-order valence-corrected chi connectivity index (χ3v) is 9.07. The van der Waals surface area contributed by atoms with Crippen LogP contribution < -0.4 is 25.0 Å². The van der Waals surface area contributed by atoms with Crippen molar-refractivity contribution in [2.45, 2.75) is 56.8 Å².